The molecule has 3 aromatic heterocycles. The van der Waals surface area contributed by atoms with Gasteiger partial charge < -0.3 is 244 Å². The molecule has 9 heterocycles. The molecule has 6 aliphatic heterocycles. The van der Waals surface area contributed by atoms with Gasteiger partial charge in [-0.15, -0.1) is 0 Å². The molecule has 54 heteroatoms. The van der Waals surface area contributed by atoms with E-state index >= 15 is 0 Å². The molecule has 0 aliphatic carbocycles. The van der Waals surface area contributed by atoms with E-state index in [0.29, 0.717) is 0 Å². The summed E-state index contributed by atoms with van der Waals surface area (Å²) >= 11 is 0. The SMILES string of the molecule is C[C@H]1[C@@H](O)[C@@H](CO)O[C@@H](O[C@H]2[C@H](O)[C@@H](O)[C@H](Oc3c(-c4cc(O)c(O)c(O)c4)oc4cc(O)cc(O)c4c3=O)O[C@@H]2CO)[C@@H]1O.C[C@H]1[C@@H](O)[C@@H](CO)O[C@@H](O[C@H]2[C@H](O)[C@@H](O)[C@H](Oc3c(-c4cc(O)c(O)c(O)c4)oc4cc(O)cc(O)c4c3=O)O[C@@H]2CO)[C@@H]1O.C[C@H]1[C@@H](O)[C@@H](CO)O[C@@H](O[C@H]2[C@H](O)[C@@H](O)[C@H](Oc3c(-c4cc(O)c(O)c(O)c4)oc4cc(O)cc(O)c4c3=O)O[C@@H]2CO)[C@@H]1O.[Ca+2].[H-].[H-].[H-].[H-].[K+].[Na+]. The molecule has 15 rings (SSSR count). The van der Waals surface area contributed by atoms with Gasteiger partial charge in [-0.05, 0) is 36.4 Å². The van der Waals surface area contributed by atoms with E-state index < -0.39 is 377 Å². The summed E-state index contributed by atoms with van der Waals surface area (Å²) in [6, 6.07) is 10.7. The number of aromatic hydroxyl groups is 15. The van der Waals surface area contributed by atoms with Crippen molar-refractivity contribution < 1.29 is 325 Å². The van der Waals surface area contributed by atoms with Crippen molar-refractivity contribution in [3.63, 3.8) is 0 Å². The summed E-state index contributed by atoms with van der Waals surface area (Å²) in [6.07, 6.45) is -43.3. The molecule has 6 aliphatic rings. The zero-order valence-electron chi connectivity index (χ0n) is 76.8. The fraction of sp³-hybridized carbons (Fsp3) is 0.464. The van der Waals surface area contributed by atoms with Crippen LogP contribution in [0, 0.1) is 17.8 Å². The van der Waals surface area contributed by atoms with Gasteiger partial charge in [0.25, 0.3) is 0 Å². The van der Waals surface area contributed by atoms with Crippen molar-refractivity contribution in [2.75, 3.05) is 39.6 Å². The van der Waals surface area contributed by atoms with Gasteiger partial charge in [0, 0.05) is 70.8 Å². The van der Waals surface area contributed by atoms with Gasteiger partial charge in [-0.25, -0.2) is 0 Å². The monoisotopic (exact) mass is 2030 g/mol. The summed E-state index contributed by atoms with van der Waals surface area (Å²) in [5.74, 6) is -17.9. The van der Waals surface area contributed by atoms with Gasteiger partial charge in [0.05, 0.1) is 58.0 Å². The van der Waals surface area contributed by atoms with Crippen molar-refractivity contribution in [2.45, 2.75) is 187 Å². The first-order chi connectivity index (χ1) is 63.8. The van der Waals surface area contributed by atoms with Crippen LogP contribution < -0.4 is 111 Å². The number of aliphatic hydroxyl groups excluding tert-OH is 18. The van der Waals surface area contributed by atoms with Crippen LogP contribution in [-0.2, 0) is 42.6 Å². The van der Waals surface area contributed by atoms with Crippen LogP contribution in [0.15, 0.2) is 100 Å². The first kappa shape index (κ1) is 112. The van der Waals surface area contributed by atoms with E-state index in [2.05, 4.69) is 0 Å². The van der Waals surface area contributed by atoms with Crippen molar-refractivity contribution in [2.24, 2.45) is 17.8 Å². The Morgan fingerprint density at radius 2 is 0.478 bits per heavy atom. The molecule has 30 atom stereocenters. The molecule has 51 nitrogen and oxygen atoms in total. The minimum Gasteiger partial charge on any atom is -1.00 e. The second-order valence-corrected chi connectivity index (χ2v) is 32.3. The maximum absolute atomic E-state index is 13.6. The van der Waals surface area contributed by atoms with Crippen LogP contribution in [0.3, 0.4) is 0 Å². The summed E-state index contributed by atoms with van der Waals surface area (Å²) in [7, 11) is 0. The normalized spacial score (nSPS) is 31.4. The van der Waals surface area contributed by atoms with Crippen molar-refractivity contribution in [3.8, 4) is 137 Å². The zero-order valence-corrected chi connectivity index (χ0v) is 80.1. The van der Waals surface area contributed by atoms with Crippen molar-refractivity contribution in [1.82, 2.24) is 0 Å². The van der Waals surface area contributed by atoms with E-state index in [0.717, 1.165) is 72.8 Å². The number of aliphatic hydroxyl groups is 18. The van der Waals surface area contributed by atoms with Gasteiger partial charge in [-0.3, -0.25) is 14.4 Å². The fourth-order valence-electron chi connectivity index (χ4n) is 15.8. The minimum atomic E-state index is -2.03. The topological polar surface area (TPSA) is 869 Å². The van der Waals surface area contributed by atoms with E-state index in [4.69, 9.17) is 70.1 Å². The molecule has 33 N–H and O–H groups in total. The Kier molecular flexibility index (Phi) is 37.6. The van der Waals surface area contributed by atoms with Crippen LogP contribution >= 0.6 is 0 Å². The third-order valence-electron chi connectivity index (χ3n) is 23.5. The van der Waals surface area contributed by atoms with Crippen molar-refractivity contribution >= 4 is 70.6 Å². The third-order valence-corrected chi connectivity index (χ3v) is 23.5. The Bertz CT molecular complexity index is 5350. The van der Waals surface area contributed by atoms with Crippen molar-refractivity contribution in [1.29, 1.82) is 0 Å². The number of ether oxygens (including phenoxy) is 12. The molecule has 6 saturated heterocycles. The molecule has 0 radical (unpaired) electrons. The number of phenolic OH excluding ortho intramolecular Hbond substituents is 15. The number of benzene rings is 6. The van der Waals surface area contributed by atoms with Gasteiger partial charge in [-0.1, -0.05) is 20.8 Å². The molecule has 0 unspecified atom stereocenters. The number of hydrogen-bond acceptors (Lipinski definition) is 51. The van der Waals surface area contributed by atoms with E-state index in [1.54, 1.807) is 0 Å². The van der Waals surface area contributed by atoms with E-state index in [1.807, 2.05) is 0 Å². The number of rotatable bonds is 21. The summed E-state index contributed by atoms with van der Waals surface area (Å²) < 4.78 is 84.1. The Morgan fingerprint density at radius 3 is 0.681 bits per heavy atom. The Balaban J connectivity index is 0.000000318. The molecule has 0 bridgehead atoms. The van der Waals surface area contributed by atoms with Crippen LogP contribution in [0.4, 0.5) is 0 Å². The van der Waals surface area contributed by atoms with Crippen molar-refractivity contribution in [3.05, 3.63) is 103 Å². The van der Waals surface area contributed by atoms with Gasteiger partial charge in [-0.2, -0.15) is 0 Å². The minimum absolute atomic E-state index is 0. The number of hydrogen-bond donors (Lipinski definition) is 33. The summed E-state index contributed by atoms with van der Waals surface area (Å²) in [6.45, 7) is -0.0945. The average molecular weight is 2030 g/mol. The predicted octanol–water partition coefficient (Wildman–Crippen LogP) is -11.1. The molecule has 6 fully saturated rings. The first-order valence-electron chi connectivity index (χ1n) is 40.9. The second-order valence-electron chi connectivity index (χ2n) is 32.3. The van der Waals surface area contributed by atoms with Crippen LogP contribution in [0.1, 0.15) is 26.5 Å². The standard InChI is InChI=1S/3C28H32O17.Ca.K.Na.4H/c3*1-8-18(35)15(6-29)42-27(19(8)36)44-25-16(7-30)43-28(23(40)22(25)39)45-26-21(38)17-11(32)4-10(31)5-14(17)41-24(26)9-2-12(33)20(37)13(34)3-9;;;;;;;/h3*2-5,8,15-16,18-19,22-23,25,27-37,39-40H,6-7H2,1H3;;;;;;;/q;;;+2;2*+1;4*-1/t3*8-,15+,16+,18+,19+,22+,23+,25+,27-,28-;;;;;;;/m000......./s1. The van der Waals surface area contributed by atoms with Gasteiger partial charge in [0.2, 0.25) is 52.4 Å². The largest absolute Gasteiger partial charge is 2.00 e. The molecule has 0 spiro atoms. The molecular weight excluding hydrogens is 1930 g/mol. The third kappa shape index (κ3) is 22.4. The molecule has 6 aromatic carbocycles. The van der Waals surface area contributed by atoms with Crippen LogP contribution in [0.5, 0.6) is 103 Å². The summed E-state index contributed by atoms with van der Waals surface area (Å²) in [5, 5.41) is 336. The van der Waals surface area contributed by atoms with Gasteiger partial charge >= 0.3 is 119 Å². The van der Waals surface area contributed by atoms with E-state index in [9.17, 15) is 183 Å². The maximum atomic E-state index is 13.6. The Labute approximate surface area is 873 Å². The molecule has 746 valence electrons. The van der Waals surface area contributed by atoms with Crippen LogP contribution in [0.25, 0.3) is 66.9 Å². The average Bonchev–Trinajstić information content (AvgIpc) is 0.753. The maximum Gasteiger partial charge on any atom is 2.00 e. The number of phenols is 15. The van der Waals surface area contributed by atoms with Gasteiger partial charge in [0.1, 0.15) is 177 Å². The second kappa shape index (κ2) is 46.3. The Morgan fingerprint density at radius 1 is 0.275 bits per heavy atom. The number of fused-ring (bicyclic) bond motifs is 3. The van der Waals surface area contributed by atoms with E-state index in [-0.39, 0.29) is 158 Å². The predicted molar refractivity (Wildman–Crippen MR) is 449 cm³/mol. The zero-order chi connectivity index (χ0) is 98.7. The molecule has 0 saturated carbocycles. The quantitative estimate of drug-likeness (QED) is 0.0235. The molecular formula is C84H100CaKNaO51. The molecule has 9 aromatic rings. The Hall–Kier alpha value is -7.83. The first-order valence-corrected chi connectivity index (χ1v) is 40.9. The van der Waals surface area contributed by atoms with Crippen LogP contribution in [-0.4, -0.2) is 412 Å². The van der Waals surface area contributed by atoms with Crippen LogP contribution in [0.2, 0.25) is 0 Å². The smallest absolute Gasteiger partial charge is 1.00 e. The molecule has 0 amide bonds. The fourth-order valence-corrected chi connectivity index (χ4v) is 15.8. The summed E-state index contributed by atoms with van der Waals surface area (Å²) in [4.78, 5) is 40.9. The molecule has 138 heavy (non-hydrogen) atoms. The van der Waals surface area contributed by atoms with E-state index in [1.165, 1.54) is 20.8 Å². The van der Waals surface area contributed by atoms with Gasteiger partial charge in [0.15, 0.2) is 87.9 Å². The summed E-state index contributed by atoms with van der Waals surface area (Å²) in [5.41, 5.74) is -5.18.